The summed E-state index contributed by atoms with van der Waals surface area (Å²) in [7, 11) is 0. The van der Waals surface area contributed by atoms with E-state index in [0.29, 0.717) is 6.04 Å². The van der Waals surface area contributed by atoms with E-state index in [-0.39, 0.29) is 0 Å². The van der Waals surface area contributed by atoms with Crippen LogP contribution >= 0.6 is 11.3 Å². The second kappa shape index (κ2) is 9.45. The van der Waals surface area contributed by atoms with Crippen LogP contribution < -0.4 is 11.3 Å². The summed E-state index contributed by atoms with van der Waals surface area (Å²) in [6.45, 7) is 6.47. The van der Waals surface area contributed by atoms with Gasteiger partial charge in [0.2, 0.25) is 0 Å². The van der Waals surface area contributed by atoms with Gasteiger partial charge in [-0.3, -0.25) is 11.3 Å². The van der Waals surface area contributed by atoms with Crippen LogP contribution in [-0.4, -0.2) is 11.0 Å². The summed E-state index contributed by atoms with van der Waals surface area (Å²) >= 11 is 1.80. The average molecular weight is 283 g/mol. The van der Waals surface area contributed by atoms with Gasteiger partial charge in [0.05, 0.1) is 10.7 Å². The average Bonchev–Trinajstić information content (AvgIpc) is 2.71. The first-order valence-electron chi connectivity index (χ1n) is 7.56. The molecule has 0 bridgehead atoms. The highest BCUT2D eigenvalue weighted by atomic mass is 32.1. The van der Waals surface area contributed by atoms with Gasteiger partial charge in [0.25, 0.3) is 0 Å². The number of nitrogens with two attached hydrogens (primary N) is 1. The molecule has 0 amide bonds. The first-order chi connectivity index (χ1) is 9.17. The monoisotopic (exact) mass is 283 g/mol. The van der Waals surface area contributed by atoms with Crippen LogP contribution in [0.3, 0.4) is 0 Å². The zero-order chi connectivity index (χ0) is 14.1. The van der Waals surface area contributed by atoms with Crippen LogP contribution in [0.1, 0.15) is 67.4 Å². The van der Waals surface area contributed by atoms with Crippen LogP contribution in [0.5, 0.6) is 0 Å². The summed E-state index contributed by atoms with van der Waals surface area (Å²) in [6, 6.07) is 0.371. The minimum atomic E-state index is 0.371. The highest BCUT2D eigenvalue weighted by molar-refractivity contribution is 7.11. The van der Waals surface area contributed by atoms with Gasteiger partial charge in [-0.25, -0.2) is 4.98 Å². The fourth-order valence-corrected chi connectivity index (χ4v) is 3.27. The Hall–Kier alpha value is -0.450. The maximum absolute atomic E-state index is 5.65. The lowest BCUT2D eigenvalue weighted by Gasteiger charge is -2.14. The maximum Gasteiger partial charge on any atom is 0.0946 e. The van der Waals surface area contributed by atoms with Crippen LogP contribution in [-0.2, 0) is 6.42 Å². The minimum absolute atomic E-state index is 0.371. The van der Waals surface area contributed by atoms with E-state index in [2.05, 4.69) is 31.2 Å². The van der Waals surface area contributed by atoms with Gasteiger partial charge >= 0.3 is 0 Å². The molecule has 0 aliphatic rings. The second-order valence-corrected chi connectivity index (χ2v) is 6.66. The molecular weight excluding hydrogens is 254 g/mol. The number of rotatable bonds is 10. The molecule has 0 aromatic carbocycles. The standard InChI is InChI=1S/C15H29N3S/c1-4-5-6-7-8-9-10-14(18-16)11-15-17-12(2)13(3)19-15/h14,18H,4-11,16H2,1-3H3. The van der Waals surface area contributed by atoms with Crippen LogP contribution in [0.2, 0.25) is 0 Å². The van der Waals surface area contributed by atoms with Crippen molar-refractivity contribution < 1.29 is 0 Å². The third-order valence-corrected chi connectivity index (χ3v) is 4.73. The Morgan fingerprint density at radius 1 is 1.16 bits per heavy atom. The molecule has 1 rings (SSSR count). The van der Waals surface area contributed by atoms with Crippen molar-refractivity contribution in [2.75, 3.05) is 0 Å². The lowest BCUT2D eigenvalue weighted by atomic mass is 10.0. The lowest BCUT2D eigenvalue weighted by molar-refractivity contribution is 0.459. The highest BCUT2D eigenvalue weighted by Crippen LogP contribution is 2.19. The van der Waals surface area contributed by atoms with Crippen molar-refractivity contribution in [1.29, 1.82) is 0 Å². The van der Waals surface area contributed by atoms with Gasteiger partial charge in [0.15, 0.2) is 0 Å². The smallest absolute Gasteiger partial charge is 0.0946 e. The molecular formula is C15H29N3S. The molecule has 1 atom stereocenters. The van der Waals surface area contributed by atoms with Crippen LogP contribution in [0.25, 0.3) is 0 Å². The number of hydrazine groups is 1. The van der Waals surface area contributed by atoms with Gasteiger partial charge < -0.3 is 0 Å². The van der Waals surface area contributed by atoms with Crippen LogP contribution in [0, 0.1) is 13.8 Å². The number of hydrogen-bond donors (Lipinski definition) is 2. The molecule has 0 fully saturated rings. The third-order valence-electron chi connectivity index (χ3n) is 3.64. The Labute approximate surface area is 122 Å². The molecule has 19 heavy (non-hydrogen) atoms. The first-order valence-corrected chi connectivity index (χ1v) is 8.38. The summed E-state index contributed by atoms with van der Waals surface area (Å²) < 4.78 is 0. The SMILES string of the molecule is CCCCCCCCC(Cc1nc(C)c(C)s1)NN. The number of unbranched alkanes of at least 4 members (excludes halogenated alkanes) is 5. The van der Waals surface area contributed by atoms with E-state index in [0.717, 1.165) is 18.5 Å². The summed E-state index contributed by atoms with van der Waals surface area (Å²) in [5, 5.41) is 1.21. The fraction of sp³-hybridized carbons (Fsp3) is 0.800. The van der Waals surface area contributed by atoms with Crippen molar-refractivity contribution >= 4 is 11.3 Å². The minimum Gasteiger partial charge on any atom is -0.271 e. The van der Waals surface area contributed by atoms with Gasteiger partial charge in [-0.2, -0.15) is 0 Å². The second-order valence-electron chi connectivity index (χ2n) is 5.37. The Morgan fingerprint density at radius 2 is 1.84 bits per heavy atom. The number of nitrogens with one attached hydrogen (secondary N) is 1. The van der Waals surface area contributed by atoms with Crippen LogP contribution in [0.15, 0.2) is 0 Å². The van der Waals surface area contributed by atoms with E-state index in [1.165, 1.54) is 48.4 Å². The van der Waals surface area contributed by atoms with Crippen molar-refractivity contribution in [2.45, 2.75) is 78.2 Å². The summed E-state index contributed by atoms with van der Waals surface area (Å²) in [6.07, 6.45) is 10.1. The van der Waals surface area contributed by atoms with E-state index >= 15 is 0 Å². The van der Waals surface area contributed by atoms with Gasteiger partial charge in [-0.05, 0) is 20.3 Å². The van der Waals surface area contributed by atoms with E-state index in [4.69, 9.17) is 5.84 Å². The molecule has 1 aromatic heterocycles. The number of thiazole rings is 1. The summed E-state index contributed by atoms with van der Waals surface area (Å²) in [5.74, 6) is 5.65. The molecule has 4 heteroatoms. The largest absolute Gasteiger partial charge is 0.271 e. The highest BCUT2D eigenvalue weighted by Gasteiger charge is 2.11. The number of aryl methyl sites for hydroxylation is 2. The molecule has 110 valence electrons. The number of hydrogen-bond acceptors (Lipinski definition) is 4. The summed E-state index contributed by atoms with van der Waals surface area (Å²) in [5.41, 5.74) is 4.11. The molecule has 0 saturated heterocycles. The third kappa shape index (κ3) is 6.50. The molecule has 1 unspecified atom stereocenters. The quantitative estimate of drug-likeness (QED) is 0.389. The maximum atomic E-state index is 5.65. The fourth-order valence-electron chi connectivity index (χ4n) is 2.25. The Kier molecular flexibility index (Phi) is 8.26. The van der Waals surface area contributed by atoms with E-state index < -0.39 is 0 Å². The normalized spacial score (nSPS) is 12.8. The van der Waals surface area contributed by atoms with Gasteiger partial charge in [-0.15, -0.1) is 11.3 Å². The molecule has 0 radical (unpaired) electrons. The Morgan fingerprint density at radius 3 is 2.42 bits per heavy atom. The first kappa shape index (κ1) is 16.6. The van der Waals surface area contributed by atoms with Crippen molar-refractivity contribution in [3.63, 3.8) is 0 Å². The van der Waals surface area contributed by atoms with Crippen molar-refractivity contribution in [3.8, 4) is 0 Å². The molecule has 1 heterocycles. The molecule has 0 aliphatic heterocycles. The van der Waals surface area contributed by atoms with Crippen LogP contribution in [0.4, 0.5) is 0 Å². The van der Waals surface area contributed by atoms with Crippen molar-refractivity contribution in [1.82, 2.24) is 10.4 Å². The predicted molar refractivity (Wildman–Crippen MR) is 84.4 cm³/mol. The Balaban J connectivity index is 2.22. The number of aromatic nitrogens is 1. The predicted octanol–water partition coefficient (Wildman–Crippen LogP) is 3.88. The Bertz CT molecular complexity index is 330. The summed E-state index contributed by atoms with van der Waals surface area (Å²) in [4.78, 5) is 5.91. The zero-order valence-electron chi connectivity index (χ0n) is 12.7. The van der Waals surface area contributed by atoms with Crippen molar-refractivity contribution in [3.05, 3.63) is 15.6 Å². The van der Waals surface area contributed by atoms with Gasteiger partial charge in [0.1, 0.15) is 0 Å². The molecule has 0 saturated carbocycles. The van der Waals surface area contributed by atoms with E-state index in [1.54, 1.807) is 11.3 Å². The van der Waals surface area contributed by atoms with Gasteiger partial charge in [0, 0.05) is 17.3 Å². The zero-order valence-corrected chi connectivity index (χ0v) is 13.5. The molecule has 0 spiro atoms. The lowest BCUT2D eigenvalue weighted by Crippen LogP contribution is -2.36. The molecule has 1 aromatic rings. The van der Waals surface area contributed by atoms with Crippen molar-refractivity contribution in [2.24, 2.45) is 5.84 Å². The molecule has 3 nitrogen and oxygen atoms in total. The topological polar surface area (TPSA) is 50.9 Å². The molecule has 0 aliphatic carbocycles. The van der Waals surface area contributed by atoms with E-state index in [1.807, 2.05) is 0 Å². The van der Waals surface area contributed by atoms with E-state index in [9.17, 15) is 0 Å². The molecule has 3 N–H and O–H groups in total. The van der Waals surface area contributed by atoms with Gasteiger partial charge in [-0.1, -0.05) is 45.4 Å². The number of nitrogens with zero attached hydrogens (tertiary/aromatic N) is 1.